The van der Waals surface area contributed by atoms with Crippen LogP contribution in [0.2, 0.25) is 0 Å². The van der Waals surface area contributed by atoms with Crippen LogP contribution >= 0.6 is 0 Å². The molecule has 26 heavy (non-hydrogen) atoms. The Bertz CT molecular complexity index is 816. The summed E-state index contributed by atoms with van der Waals surface area (Å²) in [6.07, 6.45) is 1.04. The molecule has 1 aliphatic heterocycles. The van der Waals surface area contributed by atoms with Gasteiger partial charge in [-0.1, -0.05) is 12.1 Å². The highest BCUT2D eigenvalue weighted by Gasteiger charge is 2.27. The molecule has 4 heteroatoms. The molecule has 1 aliphatic rings. The lowest BCUT2D eigenvalue weighted by molar-refractivity contribution is 0.0737. The van der Waals surface area contributed by atoms with Crippen molar-refractivity contribution in [2.45, 2.75) is 26.3 Å². The molecule has 1 unspecified atom stereocenters. The van der Waals surface area contributed by atoms with Gasteiger partial charge in [0.25, 0.3) is 5.91 Å². The molecule has 0 N–H and O–H groups in total. The molecule has 1 amide bonds. The van der Waals surface area contributed by atoms with Crippen molar-refractivity contribution in [2.24, 2.45) is 0 Å². The van der Waals surface area contributed by atoms with Crippen molar-refractivity contribution in [1.82, 2.24) is 9.80 Å². The summed E-state index contributed by atoms with van der Waals surface area (Å²) < 4.78 is 5.41. The van der Waals surface area contributed by atoms with Crippen LogP contribution in [0.25, 0.3) is 11.1 Å². The Hall–Kier alpha value is -2.33. The van der Waals surface area contributed by atoms with Crippen molar-refractivity contribution in [1.29, 1.82) is 0 Å². The molecule has 0 radical (unpaired) electrons. The van der Waals surface area contributed by atoms with Gasteiger partial charge in [0.15, 0.2) is 0 Å². The van der Waals surface area contributed by atoms with Crippen LogP contribution in [-0.4, -0.2) is 56.0 Å². The summed E-state index contributed by atoms with van der Waals surface area (Å²) in [7, 11) is 5.71. The van der Waals surface area contributed by atoms with E-state index < -0.39 is 0 Å². The topological polar surface area (TPSA) is 32.8 Å². The number of likely N-dealkylation sites (N-methyl/N-ethyl adjacent to an activating group) is 2. The van der Waals surface area contributed by atoms with Crippen LogP contribution in [0.3, 0.4) is 0 Å². The van der Waals surface area contributed by atoms with Crippen molar-refractivity contribution in [2.75, 3.05) is 34.3 Å². The van der Waals surface area contributed by atoms with E-state index in [9.17, 15) is 4.79 Å². The van der Waals surface area contributed by atoms with Gasteiger partial charge in [-0.2, -0.15) is 0 Å². The van der Waals surface area contributed by atoms with Gasteiger partial charge in [0.1, 0.15) is 5.75 Å². The van der Waals surface area contributed by atoms with Crippen LogP contribution in [-0.2, 0) is 0 Å². The number of likely N-dealkylation sites (tertiary alicyclic amines) is 1. The molecule has 0 bridgehead atoms. The predicted molar refractivity (Wildman–Crippen MR) is 106 cm³/mol. The molecule has 2 aromatic carbocycles. The molecule has 1 atom stereocenters. The smallest absolute Gasteiger partial charge is 0.253 e. The number of methoxy groups -OCH3 is 1. The van der Waals surface area contributed by atoms with E-state index in [0.29, 0.717) is 6.04 Å². The summed E-state index contributed by atoms with van der Waals surface area (Å²) in [6.45, 7) is 6.11. The largest absolute Gasteiger partial charge is 0.496 e. The third kappa shape index (κ3) is 3.61. The highest BCUT2D eigenvalue weighted by atomic mass is 16.5. The molecule has 0 aliphatic carbocycles. The Morgan fingerprint density at radius 2 is 1.96 bits per heavy atom. The van der Waals surface area contributed by atoms with Gasteiger partial charge in [0, 0.05) is 25.2 Å². The first kappa shape index (κ1) is 18.5. The van der Waals surface area contributed by atoms with Gasteiger partial charge in [-0.3, -0.25) is 4.79 Å². The molecule has 0 spiro atoms. The van der Waals surface area contributed by atoms with E-state index >= 15 is 0 Å². The number of rotatable bonds is 4. The number of hydrogen-bond acceptors (Lipinski definition) is 3. The van der Waals surface area contributed by atoms with Crippen molar-refractivity contribution in [3.05, 3.63) is 53.1 Å². The Morgan fingerprint density at radius 1 is 1.19 bits per heavy atom. The number of amides is 1. The fourth-order valence-electron chi connectivity index (χ4n) is 3.74. The molecular formula is C22H28N2O2. The first-order chi connectivity index (χ1) is 12.4. The van der Waals surface area contributed by atoms with Crippen molar-refractivity contribution < 1.29 is 9.53 Å². The van der Waals surface area contributed by atoms with Crippen molar-refractivity contribution in [3.8, 4) is 16.9 Å². The number of hydrogen-bond donors (Lipinski definition) is 0. The minimum atomic E-state index is 0.0926. The fraction of sp³-hybridized carbons (Fsp3) is 0.409. The van der Waals surface area contributed by atoms with Crippen LogP contribution in [0, 0.1) is 13.8 Å². The Kier molecular flexibility index (Phi) is 5.33. The van der Waals surface area contributed by atoms with Crippen molar-refractivity contribution >= 4 is 5.91 Å². The standard InChI is InChI=1S/C22H28N2O2/c1-15-12-21(26-5)16(2)11-20(15)17-7-6-8-18(13-17)22(25)24(4)19-9-10-23(3)14-19/h6-8,11-13,19H,9-10,14H2,1-5H3. The quantitative estimate of drug-likeness (QED) is 0.840. The van der Waals surface area contributed by atoms with Crippen LogP contribution in [0.4, 0.5) is 0 Å². The molecular weight excluding hydrogens is 324 g/mol. The van der Waals surface area contributed by atoms with Gasteiger partial charge in [0.05, 0.1) is 7.11 Å². The lowest BCUT2D eigenvalue weighted by atomic mass is 9.96. The monoisotopic (exact) mass is 352 g/mol. The summed E-state index contributed by atoms with van der Waals surface area (Å²) in [5.41, 5.74) is 5.18. The molecule has 1 heterocycles. The second-order valence-corrected chi connectivity index (χ2v) is 7.34. The SMILES string of the molecule is COc1cc(C)c(-c2cccc(C(=O)N(C)C3CCN(C)C3)c2)cc1C. The molecule has 4 nitrogen and oxygen atoms in total. The highest BCUT2D eigenvalue weighted by Crippen LogP contribution is 2.30. The van der Waals surface area contributed by atoms with Crippen molar-refractivity contribution in [3.63, 3.8) is 0 Å². The zero-order chi connectivity index (χ0) is 18.8. The molecule has 3 rings (SSSR count). The maximum absolute atomic E-state index is 13.0. The van der Waals surface area contributed by atoms with Gasteiger partial charge in [-0.15, -0.1) is 0 Å². The van der Waals surface area contributed by atoms with Gasteiger partial charge >= 0.3 is 0 Å². The van der Waals surface area contributed by atoms with E-state index in [1.54, 1.807) is 7.11 Å². The second kappa shape index (κ2) is 7.50. The highest BCUT2D eigenvalue weighted by molar-refractivity contribution is 5.95. The normalized spacial score (nSPS) is 17.3. The van der Waals surface area contributed by atoms with Gasteiger partial charge in [0.2, 0.25) is 0 Å². The fourth-order valence-corrected chi connectivity index (χ4v) is 3.74. The Labute approximate surface area is 156 Å². The molecule has 0 saturated carbocycles. The zero-order valence-corrected chi connectivity index (χ0v) is 16.4. The molecule has 1 fully saturated rings. The maximum atomic E-state index is 13.0. The number of ether oxygens (including phenoxy) is 1. The average Bonchev–Trinajstić information content (AvgIpc) is 3.08. The average molecular weight is 352 g/mol. The van der Waals surface area contributed by atoms with Crippen LogP contribution in [0.15, 0.2) is 36.4 Å². The summed E-state index contributed by atoms with van der Waals surface area (Å²) in [5.74, 6) is 0.985. The molecule has 2 aromatic rings. The van der Waals surface area contributed by atoms with Crippen LogP contribution < -0.4 is 4.74 Å². The van der Waals surface area contributed by atoms with E-state index in [1.165, 1.54) is 0 Å². The molecule has 138 valence electrons. The summed E-state index contributed by atoms with van der Waals surface area (Å²) in [5, 5.41) is 0. The lowest BCUT2D eigenvalue weighted by Gasteiger charge is -2.24. The van der Waals surface area contributed by atoms with E-state index in [-0.39, 0.29) is 5.91 Å². The van der Waals surface area contributed by atoms with E-state index in [0.717, 1.165) is 53.1 Å². The number of benzene rings is 2. The van der Waals surface area contributed by atoms with Gasteiger partial charge < -0.3 is 14.5 Å². The Morgan fingerprint density at radius 3 is 2.62 bits per heavy atom. The summed E-state index contributed by atoms with van der Waals surface area (Å²) >= 11 is 0. The van der Waals surface area contributed by atoms with E-state index in [2.05, 4.69) is 37.1 Å². The van der Waals surface area contributed by atoms with E-state index in [4.69, 9.17) is 4.74 Å². The molecule has 1 saturated heterocycles. The van der Waals surface area contributed by atoms with Gasteiger partial charge in [-0.05, 0) is 80.4 Å². The first-order valence-corrected chi connectivity index (χ1v) is 9.12. The number of aryl methyl sites for hydroxylation is 2. The minimum Gasteiger partial charge on any atom is -0.496 e. The summed E-state index contributed by atoms with van der Waals surface area (Å²) in [4.78, 5) is 17.1. The maximum Gasteiger partial charge on any atom is 0.253 e. The van der Waals surface area contributed by atoms with Gasteiger partial charge in [-0.25, -0.2) is 0 Å². The summed E-state index contributed by atoms with van der Waals surface area (Å²) in [6, 6.07) is 12.4. The zero-order valence-electron chi connectivity index (χ0n) is 16.4. The van der Waals surface area contributed by atoms with Crippen LogP contribution in [0.1, 0.15) is 27.9 Å². The number of carbonyl (C=O) groups is 1. The Balaban J connectivity index is 1.89. The number of nitrogens with zero attached hydrogens (tertiary/aromatic N) is 2. The molecule has 0 aromatic heterocycles. The minimum absolute atomic E-state index is 0.0926. The lowest BCUT2D eigenvalue weighted by Crippen LogP contribution is -2.38. The second-order valence-electron chi connectivity index (χ2n) is 7.34. The third-order valence-electron chi connectivity index (χ3n) is 5.40. The predicted octanol–water partition coefficient (Wildman–Crippen LogP) is 3.76. The van der Waals surface area contributed by atoms with Crippen LogP contribution in [0.5, 0.6) is 5.75 Å². The third-order valence-corrected chi connectivity index (χ3v) is 5.40. The van der Waals surface area contributed by atoms with E-state index in [1.807, 2.05) is 37.1 Å². The number of carbonyl (C=O) groups excluding carboxylic acids is 1. The first-order valence-electron chi connectivity index (χ1n) is 9.12.